The fourth-order valence-electron chi connectivity index (χ4n) is 0.809. The van der Waals surface area contributed by atoms with Crippen LogP contribution in [0.5, 0.6) is 0 Å². The van der Waals surface area contributed by atoms with Gasteiger partial charge in [0.2, 0.25) is 0 Å². The summed E-state index contributed by atoms with van der Waals surface area (Å²) >= 11 is 0. The number of hydrogen-bond donors (Lipinski definition) is 1. The molecule has 0 amide bonds. The van der Waals surface area contributed by atoms with Crippen LogP contribution in [0.1, 0.15) is 6.42 Å². The first-order valence-electron chi connectivity index (χ1n) is 3.05. The van der Waals surface area contributed by atoms with Crippen molar-refractivity contribution in [2.45, 2.75) is 12.0 Å². The molecule has 62 valence electrons. The summed E-state index contributed by atoms with van der Waals surface area (Å²) in [5.41, 5.74) is -1.18. The number of carbonyl (C=O) groups is 2. The van der Waals surface area contributed by atoms with Crippen molar-refractivity contribution < 1.29 is 24.2 Å². The van der Waals surface area contributed by atoms with E-state index in [1.807, 2.05) is 0 Å². The lowest BCUT2D eigenvalue weighted by molar-refractivity contribution is -0.152. The number of carboxylic acid groups (broad SMARTS) is 1. The average Bonchev–Trinajstić information content (AvgIpc) is 2.67. The number of epoxide rings is 1. The standard InChI is InChI=1S/C6H8O5/c1-10-5(9)6(3-11-6)2-4(7)8/h2-3H2,1H3,(H,7,8). The molecule has 1 atom stereocenters. The minimum absolute atomic E-state index is 0.145. The van der Waals surface area contributed by atoms with E-state index in [4.69, 9.17) is 9.84 Å². The van der Waals surface area contributed by atoms with Gasteiger partial charge in [-0.2, -0.15) is 0 Å². The van der Waals surface area contributed by atoms with Crippen molar-refractivity contribution in [2.75, 3.05) is 13.7 Å². The lowest BCUT2D eigenvalue weighted by Gasteiger charge is -2.04. The molecule has 0 aromatic heterocycles. The van der Waals surface area contributed by atoms with E-state index in [0.29, 0.717) is 0 Å². The third kappa shape index (κ3) is 1.48. The Balaban J connectivity index is 2.53. The van der Waals surface area contributed by atoms with Crippen LogP contribution in [-0.4, -0.2) is 36.4 Å². The van der Waals surface area contributed by atoms with Crippen LogP contribution in [0, 0.1) is 0 Å². The number of esters is 1. The zero-order chi connectivity index (χ0) is 8.48. The third-order valence-electron chi connectivity index (χ3n) is 1.49. The first-order chi connectivity index (χ1) is 5.10. The molecule has 1 saturated heterocycles. The number of carbonyl (C=O) groups excluding carboxylic acids is 1. The van der Waals surface area contributed by atoms with Crippen LogP contribution >= 0.6 is 0 Å². The van der Waals surface area contributed by atoms with Crippen LogP contribution in [0.15, 0.2) is 0 Å². The minimum atomic E-state index is -1.18. The van der Waals surface area contributed by atoms with Gasteiger partial charge in [-0.3, -0.25) is 4.79 Å². The first kappa shape index (κ1) is 8.00. The Morgan fingerprint density at radius 1 is 1.73 bits per heavy atom. The summed E-state index contributed by atoms with van der Waals surface area (Å²) in [5.74, 6) is -1.67. The summed E-state index contributed by atoms with van der Waals surface area (Å²) in [6, 6.07) is 0. The maximum Gasteiger partial charge on any atom is 0.341 e. The number of hydrogen-bond acceptors (Lipinski definition) is 4. The van der Waals surface area contributed by atoms with Gasteiger partial charge in [0.25, 0.3) is 0 Å². The number of carboxylic acids is 1. The number of methoxy groups -OCH3 is 1. The van der Waals surface area contributed by atoms with E-state index in [1.165, 1.54) is 7.11 Å². The van der Waals surface area contributed by atoms with E-state index in [9.17, 15) is 9.59 Å². The molecule has 0 aromatic carbocycles. The van der Waals surface area contributed by atoms with Crippen LogP contribution in [0.25, 0.3) is 0 Å². The Morgan fingerprint density at radius 3 is 2.55 bits per heavy atom. The van der Waals surface area contributed by atoms with Crippen molar-refractivity contribution in [2.24, 2.45) is 0 Å². The zero-order valence-electron chi connectivity index (χ0n) is 5.99. The Labute approximate surface area is 62.9 Å². The van der Waals surface area contributed by atoms with Crippen LogP contribution in [-0.2, 0) is 19.1 Å². The molecule has 1 fully saturated rings. The van der Waals surface area contributed by atoms with Gasteiger partial charge in [-0.1, -0.05) is 0 Å². The van der Waals surface area contributed by atoms with Crippen molar-refractivity contribution in [3.05, 3.63) is 0 Å². The lowest BCUT2D eigenvalue weighted by atomic mass is 10.1. The molecule has 0 aromatic rings. The van der Waals surface area contributed by atoms with E-state index in [2.05, 4.69) is 4.74 Å². The molecule has 0 saturated carbocycles. The topological polar surface area (TPSA) is 76.1 Å². The van der Waals surface area contributed by atoms with Gasteiger partial charge in [0.15, 0.2) is 5.60 Å². The van der Waals surface area contributed by atoms with Crippen LogP contribution < -0.4 is 0 Å². The number of aliphatic carboxylic acids is 1. The Bertz CT molecular complexity index is 193. The molecule has 0 radical (unpaired) electrons. The predicted octanol–water partition coefficient (Wildman–Crippen LogP) is -0.597. The molecule has 0 bridgehead atoms. The zero-order valence-corrected chi connectivity index (χ0v) is 5.99. The molecule has 0 spiro atoms. The highest BCUT2D eigenvalue weighted by Crippen LogP contribution is 2.31. The Hall–Kier alpha value is -1.10. The van der Waals surface area contributed by atoms with Crippen LogP contribution in [0.3, 0.4) is 0 Å². The highest BCUT2D eigenvalue weighted by molar-refractivity contribution is 5.87. The van der Waals surface area contributed by atoms with E-state index in [1.54, 1.807) is 0 Å². The van der Waals surface area contributed by atoms with Gasteiger partial charge >= 0.3 is 11.9 Å². The van der Waals surface area contributed by atoms with E-state index >= 15 is 0 Å². The second-order valence-electron chi connectivity index (χ2n) is 2.35. The minimum Gasteiger partial charge on any atom is -0.481 e. The summed E-state index contributed by atoms with van der Waals surface area (Å²) in [6.07, 6.45) is -0.320. The second kappa shape index (κ2) is 2.50. The van der Waals surface area contributed by atoms with Gasteiger partial charge < -0.3 is 14.6 Å². The smallest absolute Gasteiger partial charge is 0.341 e. The highest BCUT2D eigenvalue weighted by atomic mass is 16.6. The third-order valence-corrected chi connectivity index (χ3v) is 1.49. The number of rotatable bonds is 3. The summed E-state index contributed by atoms with van der Waals surface area (Å²) < 4.78 is 9.06. The molecule has 1 unspecified atom stereocenters. The molecule has 1 aliphatic rings. The largest absolute Gasteiger partial charge is 0.481 e. The highest BCUT2D eigenvalue weighted by Gasteiger charge is 2.55. The summed E-state index contributed by atoms with van der Waals surface area (Å²) in [6.45, 7) is 0.145. The van der Waals surface area contributed by atoms with Gasteiger partial charge in [0, 0.05) is 0 Å². The van der Waals surface area contributed by atoms with Gasteiger partial charge in [-0.05, 0) is 0 Å². The van der Waals surface area contributed by atoms with Gasteiger partial charge in [0.05, 0.1) is 20.1 Å². The van der Waals surface area contributed by atoms with Crippen LogP contribution in [0.4, 0.5) is 0 Å². The maximum absolute atomic E-state index is 10.8. The van der Waals surface area contributed by atoms with Crippen molar-refractivity contribution in [3.8, 4) is 0 Å². The summed E-state index contributed by atoms with van der Waals surface area (Å²) in [7, 11) is 1.20. The normalized spacial score (nSPS) is 27.7. The van der Waals surface area contributed by atoms with E-state index < -0.39 is 17.5 Å². The maximum atomic E-state index is 10.8. The summed E-state index contributed by atoms with van der Waals surface area (Å²) in [4.78, 5) is 21.0. The first-order valence-corrected chi connectivity index (χ1v) is 3.05. The lowest BCUT2D eigenvalue weighted by Crippen LogP contribution is -2.28. The quantitative estimate of drug-likeness (QED) is 0.440. The molecule has 1 rings (SSSR count). The van der Waals surface area contributed by atoms with Gasteiger partial charge in [-0.15, -0.1) is 0 Å². The van der Waals surface area contributed by atoms with Crippen molar-refractivity contribution in [3.63, 3.8) is 0 Å². The fraction of sp³-hybridized carbons (Fsp3) is 0.667. The molecular formula is C6H8O5. The van der Waals surface area contributed by atoms with Gasteiger partial charge in [0.1, 0.15) is 0 Å². The predicted molar refractivity (Wildman–Crippen MR) is 33.0 cm³/mol. The van der Waals surface area contributed by atoms with Gasteiger partial charge in [-0.25, -0.2) is 4.79 Å². The molecule has 1 aliphatic heterocycles. The SMILES string of the molecule is COC(=O)C1(CC(=O)O)CO1. The van der Waals surface area contributed by atoms with Crippen LogP contribution in [0.2, 0.25) is 0 Å². The molecular weight excluding hydrogens is 152 g/mol. The Kier molecular flexibility index (Phi) is 1.82. The molecule has 1 N–H and O–H groups in total. The van der Waals surface area contributed by atoms with E-state index in [-0.39, 0.29) is 13.0 Å². The van der Waals surface area contributed by atoms with E-state index in [0.717, 1.165) is 0 Å². The fourth-order valence-corrected chi connectivity index (χ4v) is 0.809. The van der Waals surface area contributed by atoms with Crippen molar-refractivity contribution >= 4 is 11.9 Å². The summed E-state index contributed by atoms with van der Waals surface area (Å²) in [5, 5.41) is 8.35. The molecule has 5 heteroatoms. The number of ether oxygens (including phenoxy) is 2. The molecule has 1 heterocycles. The van der Waals surface area contributed by atoms with Crippen molar-refractivity contribution in [1.82, 2.24) is 0 Å². The Morgan fingerprint density at radius 2 is 2.27 bits per heavy atom. The molecule has 5 nitrogen and oxygen atoms in total. The monoisotopic (exact) mass is 160 g/mol. The average molecular weight is 160 g/mol. The van der Waals surface area contributed by atoms with Crippen molar-refractivity contribution in [1.29, 1.82) is 0 Å². The molecule has 11 heavy (non-hydrogen) atoms. The second-order valence-corrected chi connectivity index (χ2v) is 2.35. The molecule has 0 aliphatic carbocycles.